The van der Waals surface area contributed by atoms with Crippen LogP contribution in [0.3, 0.4) is 0 Å². The van der Waals surface area contributed by atoms with Crippen LogP contribution in [0.4, 0.5) is 5.69 Å². The third-order valence-electron chi connectivity index (χ3n) is 3.00. The Labute approximate surface area is 125 Å². The summed E-state index contributed by atoms with van der Waals surface area (Å²) in [5, 5.41) is 13.1. The number of phenols is 1. The minimum Gasteiger partial charge on any atom is -0.508 e. The average Bonchev–Trinajstić information content (AvgIpc) is 2.47. The molecular formula is C17H21NO3. The summed E-state index contributed by atoms with van der Waals surface area (Å²) in [6.45, 7) is 4.52. The average molecular weight is 287 g/mol. The zero-order chi connectivity index (χ0) is 15.2. The van der Waals surface area contributed by atoms with E-state index in [-0.39, 0.29) is 11.9 Å². The van der Waals surface area contributed by atoms with Crippen LogP contribution in [-0.4, -0.2) is 18.3 Å². The van der Waals surface area contributed by atoms with Gasteiger partial charge in [-0.1, -0.05) is 0 Å². The highest BCUT2D eigenvalue weighted by atomic mass is 16.5. The maximum atomic E-state index is 9.84. The molecule has 0 atom stereocenters. The van der Waals surface area contributed by atoms with Crippen LogP contribution in [0.1, 0.15) is 19.4 Å². The molecule has 0 spiro atoms. The van der Waals surface area contributed by atoms with Crippen molar-refractivity contribution in [1.29, 1.82) is 0 Å². The van der Waals surface area contributed by atoms with E-state index in [9.17, 15) is 5.11 Å². The van der Waals surface area contributed by atoms with Gasteiger partial charge in [-0.15, -0.1) is 0 Å². The number of benzene rings is 2. The van der Waals surface area contributed by atoms with Gasteiger partial charge in [-0.25, -0.2) is 0 Å². The van der Waals surface area contributed by atoms with E-state index in [4.69, 9.17) is 9.47 Å². The predicted molar refractivity (Wildman–Crippen MR) is 84.2 cm³/mol. The molecule has 0 aliphatic heterocycles. The van der Waals surface area contributed by atoms with E-state index in [2.05, 4.69) is 5.32 Å². The second kappa shape index (κ2) is 6.88. The van der Waals surface area contributed by atoms with Crippen molar-refractivity contribution in [3.63, 3.8) is 0 Å². The second-order valence-electron chi connectivity index (χ2n) is 5.04. The lowest BCUT2D eigenvalue weighted by molar-refractivity contribution is 0.242. The van der Waals surface area contributed by atoms with E-state index in [1.165, 1.54) is 0 Å². The fraction of sp³-hybridized carbons (Fsp3) is 0.294. The number of aromatic hydroxyl groups is 1. The van der Waals surface area contributed by atoms with Crippen molar-refractivity contribution < 1.29 is 14.6 Å². The Bertz CT molecular complexity index is 579. The summed E-state index contributed by atoms with van der Waals surface area (Å²) in [5.74, 6) is 1.83. The summed E-state index contributed by atoms with van der Waals surface area (Å²) < 4.78 is 10.8. The largest absolute Gasteiger partial charge is 0.508 e. The molecule has 0 fully saturated rings. The van der Waals surface area contributed by atoms with Gasteiger partial charge in [0.1, 0.15) is 17.2 Å². The van der Waals surface area contributed by atoms with Crippen molar-refractivity contribution in [2.75, 3.05) is 12.4 Å². The monoisotopic (exact) mass is 287 g/mol. The molecule has 112 valence electrons. The smallest absolute Gasteiger partial charge is 0.120 e. The summed E-state index contributed by atoms with van der Waals surface area (Å²) >= 11 is 0. The van der Waals surface area contributed by atoms with Crippen LogP contribution < -0.4 is 14.8 Å². The molecule has 0 amide bonds. The van der Waals surface area contributed by atoms with Gasteiger partial charge < -0.3 is 19.9 Å². The summed E-state index contributed by atoms with van der Waals surface area (Å²) in [5.41, 5.74) is 1.75. The molecule has 2 N–H and O–H groups in total. The molecule has 4 nitrogen and oxygen atoms in total. The van der Waals surface area contributed by atoms with E-state index in [0.29, 0.717) is 6.54 Å². The van der Waals surface area contributed by atoms with Crippen molar-refractivity contribution >= 4 is 5.69 Å². The van der Waals surface area contributed by atoms with E-state index in [1.54, 1.807) is 19.2 Å². The number of rotatable bonds is 6. The number of anilines is 1. The lowest BCUT2D eigenvalue weighted by Crippen LogP contribution is -2.05. The molecule has 0 saturated heterocycles. The molecule has 0 radical (unpaired) electrons. The Balaban J connectivity index is 1.99. The van der Waals surface area contributed by atoms with Crippen LogP contribution in [0.5, 0.6) is 17.2 Å². The van der Waals surface area contributed by atoms with Crippen molar-refractivity contribution in [2.24, 2.45) is 0 Å². The van der Waals surface area contributed by atoms with Crippen molar-refractivity contribution in [1.82, 2.24) is 0 Å². The highest BCUT2D eigenvalue weighted by Crippen LogP contribution is 2.24. The molecule has 2 aromatic rings. The normalized spacial score (nSPS) is 10.5. The van der Waals surface area contributed by atoms with Gasteiger partial charge >= 0.3 is 0 Å². The second-order valence-corrected chi connectivity index (χ2v) is 5.04. The van der Waals surface area contributed by atoms with Crippen LogP contribution in [0, 0.1) is 0 Å². The SMILES string of the molecule is COc1ccc(O)c(CNc2ccc(OC(C)C)cc2)c1. The lowest BCUT2D eigenvalue weighted by atomic mass is 10.2. The molecule has 0 aliphatic carbocycles. The first-order valence-electron chi connectivity index (χ1n) is 6.95. The lowest BCUT2D eigenvalue weighted by Gasteiger charge is -2.12. The summed E-state index contributed by atoms with van der Waals surface area (Å²) in [6.07, 6.45) is 0.164. The first-order valence-corrected chi connectivity index (χ1v) is 6.95. The first-order chi connectivity index (χ1) is 10.1. The topological polar surface area (TPSA) is 50.7 Å². The number of hydrogen-bond acceptors (Lipinski definition) is 4. The third kappa shape index (κ3) is 4.31. The summed E-state index contributed by atoms with van der Waals surface area (Å²) in [4.78, 5) is 0. The van der Waals surface area contributed by atoms with Gasteiger partial charge in [-0.05, 0) is 56.3 Å². The van der Waals surface area contributed by atoms with E-state index < -0.39 is 0 Å². The fourth-order valence-corrected chi connectivity index (χ4v) is 1.95. The Morgan fingerprint density at radius 3 is 2.33 bits per heavy atom. The van der Waals surface area contributed by atoms with Gasteiger partial charge in [0.15, 0.2) is 0 Å². The van der Waals surface area contributed by atoms with Crippen LogP contribution in [0.2, 0.25) is 0 Å². The molecule has 0 heterocycles. The van der Waals surface area contributed by atoms with Gasteiger partial charge in [-0.2, -0.15) is 0 Å². The van der Waals surface area contributed by atoms with Crippen molar-refractivity contribution in [3.8, 4) is 17.2 Å². The maximum Gasteiger partial charge on any atom is 0.120 e. The standard InChI is InChI=1S/C17H21NO3/c1-12(2)21-15-6-4-14(5-7-15)18-11-13-10-16(20-3)8-9-17(13)19/h4-10,12,18-19H,11H2,1-3H3. The number of methoxy groups -OCH3 is 1. The van der Waals surface area contributed by atoms with E-state index in [0.717, 1.165) is 22.7 Å². The fourth-order valence-electron chi connectivity index (χ4n) is 1.95. The molecule has 0 saturated carbocycles. The Morgan fingerprint density at radius 1 is 1.05 bits per heavy atom. The molecule has 4 heteroatoms. The van der Waals surface area contributed by atoms with Gasteiger partial charge in [0, 0.05) is 17.8 Å². The maximum absolute atomic E-state index is 9.84. The Kier molecular flexibility index (Phi) is 4.93. The van der Waals surface area contributed by atoms with Crippen LogP contribution >= 0.6 is 0 Å². The predicted octanol–water partition coefficient (Wildman–Crippen LogP) is 3.80. The van der Waals surface area contributed by atoms with Crippen LogP contribution in [0.15, 0.2) is 42.5 Å². The van der Waals surface area contributed by atoms with Gasteiger partial charge in [-0.3, -0.25) is 0 Å². The molecule has 0 aliphatic rings. The van der Waals surface area contributed by atoms with Crippen LogP contribution in [-0.2, 0) is 6.54 Å². The van der Waals surface area contributed by atoms with Crippen molar-refractivity contribution in [3.05, 3.63) is 48.0 Å². The highest BCUT2D eigenvalue weighted by Gasteiger charge is 2.04. The number of ether oxygens (including phenoxy) is 2. The zero-order valence-electron chi connectivity index (χ0n) is 12.6. The van der Waals surface area contributed by atoms with E-state index in [1.807, 2.05) is 44.2 Å². The van der Waals surface area contributed by atoms with Crippen LogP contribution in [0.25, 0.3) is 0 Å². The molecule has 2 rings (SSSR count). The molecular weight excluding hydrogens is 266 g/mol. The number of hydrogen-bond donors (Lipinski definition) is 2. The number of nitrogens with one attached hydrogen (secondary N) is 1. The molecule has 0 aromatic heterocycles. The van der Waals surface area contributed by atoms with E-state index >= 15 is 0 Å². The minimum atomic E-state index is 0.164. The van der Waals surface area contributed by atoms with Gasteiger partial charge in [0.2, 0.25) is 0 Å². The highest BCUT2D eigenvalue weighted by molar-refractivity contribution is 5.48. The molecule has 2 aromatic carbocycles. The van der Waals surface area contributed by atoms with Crippen molar-refractivity contribution in [2.45, 2.75) is 26.5 Å². The third-order valence-corrected chi connectivity index (χ3v) is 3.00. The Hall–Kier alpha value is -2.36. The molecule has 0 unspecified atom stereocenters. The van der Waals surface area contributed by atoms with Gasteiger partial charge in [0.05, 0.1) is 13.2 Å². The Morgan fingerprint density at radius 2 is 1.71 bits per heavy atom. The minimum absolute atomic E-state index is 0.164. The quantitative estimate of drug-likeness (QED) is 0.848. The molecule has 21 heavy (non-hydrogen) atoms. The number of phenolic OH excluding ortho intramolecular Hbond substituents is 1. The molecule has 0 bridgehead atoms. The van der Waals surface area contributed by atoms with Gasteiger partial charge in [0.25, 0.3) is 0 Å². The summed E-state index contributed by atoms with van der Waals surface area (Å²) in [6, 6.07) is 12.9. The zero-order valence-corrected chi connectivity index (χ0v) is 12.6. The summed E-state index contributed by atoms with van der Waals surface area (Å²) in [7, 11) is 1.61. The first kappa shape index (κ1) is 15.0.